The Balaban J connectivity index is 2.24. The van der Waals surface area contributed by atoms with E-state index in [-0.39, 0.29) is 11.2 Å². The zero-order chi connectivity index (χ0) is 13.3. The molecule has 0 unspecified atom stereocenters. The largest absolute Gasteiger partial charge is 0.478 e. The summed E-state index contributed by atoms with van der Waals surface area (Å²) in [6.45, 7) is 6.28. The molecule has 0 bridgehead atoms. The van der Waals surface area contributed by atoms with Crippen molar-refractivity contribution in [2.24, 2.45) is 0 Å². The van der Waals surface area contributed by atoms with E-state index in [1.807, 2.05) is 13.8 Å². The summed E-state index contributed by atoms with van der Waals surface area (Å²) in [5.41, 5.74) is 6.94. The molecule has 1 heterocycles. The molecule has 1 aromatic carbocycles. The Kier molecular flexibility index (Phi) is 3.17. The molecule has 2 rings (SSSR count). The predicted molar refractivity (Wildman–Crippen MR) is 70.1 cm³/mol. The van der Waals surface area contributed by atoms with Crippen molar-refractivity contribution in [2.75, 3.05) is 30.3 Å². The molecule has 3 N–H and O–H groups in total. The van der Waals surface area contributed by atoms with Gasteiger partial charge in [-0.1, -0.05) is 0 Å². The molecule has 0 spiro atoms. The molecule has 0 aliphatic carbocycles. The Morgan fingerprint density at radius 2 is 2.22 bits per heavy atom. The van der Waals surface area contributed by atoms with Crippen LogP contribution in [0.1, 0.15) is 24.2 Å². The quantitative estimate of drug-likeness (QED) is 0.779. The summed E-state index contributed by atoms with van der Waals surface area (Å²) in [6, 6.07) is 5.06. The van der Waals surface area contributed by atoms with Gasteiger partial charge in [0.25, 0.3) is 0 Å². The molecular formula is C13H18N2O3. The molecule has 1 saturated heterocycles. The number of hydrogen-bond acceptors (Lipinski definition) is 4. The number of anilines is 2. The van der Waals surface area contributed by atoms with Gasteiger partial charge in [0.2, 0.25) is 0 Å². The lowest BCUT2D eigenvalue weighted by atomic mass is 10.1. The lowest BCUT2D eigenvalue weighted by molar-refractivity contribution is -0.0276. The molecular weight excluding hydrogens is 232 g/mol. The third-order valence-corrected chi connectivity index (χ3v) is 3.06. The Morgan fingerprint density at radius 1 is 1.50 bits per heavy atom. The average Bonchev–Trinajstić information content (AvgIpc) is 2.27. The molecule has 1 aliphatic heterocycles. The minimum absolute atomic E-state index is 0.145. The first-order valence-electron chi connectivity index (χ1n) is 5.91. The smallest absolute Gasteiger partial charge is 0.337 e. The van der Waals surface area contributed by atoms with Gasteiger partial charge in [-0.25, -0.2) is 4.79 Å². The predicted octanol–water partition coefficient (Wildman–Crippen LogP) is 1.58. The fourth-order valence-corrected chi connectivity index (χ4v) is 2.18. The SMILES string of the molecule is CC1(C)CN(c2ccc(C(=O)O)c(N)c2)CCO1. The van der Waals surface area contributed by atoms with Gasteiger partial charge in [-0.2, -0.15) is 0 Å². The average molecular weight is 250 g/mol. The summed E-state index contributed by atoms with van der Waals surface area (Å²) >= 11 is 0. The van der Waals surface area contributed by atoms with Crippen LogP contribution in [0.15, 0.2) is 18.2 Å². The number of hydrogen-bond donors (Lipinski definition) is 2. The van der Waals surface area contributed by atoms with Gasteiger partial charge in [-0.05, 0) is 32.0 Å². The Morgan fingerprint density at radius 3 is 2.78 bits per heavy atom. The molecule has 0 saturated carbocycles. The lowest BCUT2D eigenvalue weighted by Gasteiger charge is -2.39. The Bertz CT molecular complexity index is 471. The third kappa shape index (κ3) is 2.56. The second kappa shape index (κ2) is 4.49. The molecule has 0 radical (unpaired) electrons. The number of carboxylic acid groups (broad SMARTS) is 1. The number of nitrogens with zero attached hydrogens (tertiary/aromatic N) is 1. The van der Waals surface area contributed by atoms with Crippen LogP contribution < -0.4 is 10.6 Å². The number of morpholine rings is 1. The highest BCUT2D eigenvalue weighted by atomic mass is 16.5. The number of nitrogens with two attached hydrogens (primary N) is 1. The minimum Gasteiger partial charge on any atom is -0.478 e. The van der Waals surface area contributed by atoms with Gasteiger partial charge in [-0.3, -0.25) is 0 Å². The summed E-state index contributed by atoms with van der Waals surface area (Å²) in [5.74, 6) is -0.999. The van der Waals surface area contributed by atoms with E-state index >= 15 is 0 Å². The van der Waals surface area contributed by atoms with Crippen LogP contribution in [0.4, 0.5) is 11.4 Å². The van der Waals surface area contributed by atoms with Gasteiger partial charge >= 0.3 is 5.97 Å². The van der Waals surface area contributed by atoms with Crippen molar-refractivity contribution >= 4 is 17.3 Å². The molecule has 1 aromatic rings. The second-order valence-electron chi connectivity index (χ2n) is 5.11. The number of aromatic carboxylic acids is 1. The molecule has 18 heavy (non-hydrogen) atoms. The molecule has 5 nitrogen and oxygen atoms in total. The van der Waals surface area contributed by atoms with Gasteiger partial charge < -0.3 is 20.5 Å². The van der Waals surface area contributed by atoms with Crippen molar-refractivity contribution < 1.29 is 14.6 Å². The molecule has 5 heteroatoms. The van der Waals surface area contributed by atoms with E-state index in [9.17, 15) is 4.79 Å². The fourth-order valence-electron chi connectivity index (χ4n) is 2.18. The first-order valence-corrected chi connectivity index (χ1v) is 5.91. The van der Waals surface area contributed by atoms with Crippen LogP contribution in [0.25, 0.3) is 0 Å². The van der Waals surface area contributed by atoms with Gasteiger partial charge in [0.1, 0.15) is 0 Å². The molecule has 0 amide bonds. The summed E-state index contributed by atoms with van der Waals surface area (Å²) in [7, 11) is 0. The lowest BCUT2D eigenvalue weighted by Crippen LogP contribution is -2.48. The zero-order valence-corrected chi connectivity index (χ0v) is 10.6. The second-order valence-corrected chi connectivity index (χ2v) is 5.11. The first kappa shape index (κ1) is 12.7. The summed E-state index contributed by atoms with van der Waals surface area (Å²) in [5, 5.41) is 8.94. The summed E-state index contributed by atoms with van der Waals surface area (Å²) in [6.07, 6.45) is 0. The van der Waals surface area contributed by atoms with Crippen LogP contribution in [-0.4, -0.2) is 36.4 Å². The van der Waals surface area contributed by atoms with Crippen LogP contribution in [0.5, 0.6) is 0 Å². The van der Waals surface area contributed by atoms with E-state index in [0.717, 1.165) is 18.8 Å². The van der Waals surface area contributed by atoms with E-state index in [2.05, 4.69) is 4.90 Å². The minimum atomic E-state index is -0.999. The maximum atomic E-state index is 10.9. The van der Waals surface area contributed by atoms with Crippen LogP contribution in [0, 0.1) is 0 Å². The first-order chi connectivity index (χ1) is 8.39. The van der Waals surface area contributed by atoms with Crippen molar-refractivity contribution in [1.82, 2.24) is 0 Å². The van der Waals surface area contributed by atoms with Crippen LogP contribution in [-0.2, 0) is 4.74 Å². The highest BCUT2D eigenvalue weighted by Crippen LogP contribution is 2.26. The highest BCUT2D eigenvalue weighted by molar-refractivity contribution is 5.94. The van der Waals surface area contributed by atoms with Crippen molar-refractivity contribution in [3.63, 3.8) is 0 Å². The molecule has 0 atom stereocenters. The van der Waals surface area contributed by atoms with Crippen LogP contribution >= 0.6 is 0 Å². The normalized spacial score (nSPS) is 18.7. The van der Waals surface area contributed by atoms with E-state index in [4.69, 9.17) is 15.6 Å². The van der Waals surface area contributed by atoms with Crippen molar-refractivity contribution in [3.8, 4) is 0 Å². The standard InChI is InChI=1S/C13H18N2O3/c1-13(2)8-15(5-6-18-13)9-3-4-10(12(16)17)11(14)7-9/h3-4,7H,5-6,8,14H2,1-2H3,(H,16,17). The van der Waals surface area contributed by atoms with E-state index in [1.165, 1.54) is 0 Å². The summed E-state index contributed by atoms with van der Waals surface area (Å²) < 4.78 is 5.64. The fraction of sp³-hybridized carbons (Fsp3) is 0.462. The van der Waals surface area contributed by atoms with Gasteiger partial charge in [0, 0.05) is 24.5 Å². The number of rotatable bonds is 2. The molecule has 1 fully saturated rings. The van der Waals surface area contributed by atoms with E-state index < -0.39 is 5.97 Å². The monoisotopic (exact) mass is 250 g/mol. The number of ether oxygens (including phenoxy) is 1. The maximum Gasteiger partial charge on any atom is 0.337 e. The third-order valence-electron chi connectivity index (χ3n) is 3.06. The van der Waals surface area contributed by atoms with Gasteiger partial charge in [0.05, 0.1) is 17.8 Å². The number of carboxylic acids is 1. The number of carbonyl (C=O) groups is 1. The van der Waals surface area contributed by atoms with Crippen molar-refractivity contribution in [2.45, 2.75) is 19.4 Å². The highest BCUT2D eigenvalue weighted by Gasteiger charge is 2.27. The molecule has 1 aliphatic rings. The Hall–Kier alpha value is -1.75. The number of benzene rings is 1. The van der Waals surface area contributed by atoms with Crippen molar-refractivity contribution in [1.29, 1.82) is 0 Å². The summed E-state index contributed by atoms with van der Waals surface area (Å²) in [4.78, 5) is 13.1. The van der Waals surface area contributed by atoms with Crippen molar-refractivity contribution in [3.05, 3.63) is 23.8 Å². The number of nitrogen functional groups attached to an aromatic ring is 1. The van der Waals surface area contributed by atoms with E-state index in [0.29, 0.717) is 12.3 Å². The zero-order valence-electron chi connectivity index (χ0n) is 10.6. The van der Waals surface area contributed by atoms with Crippen LogP contribution in [0.2, 0.25) is 0 Å². The molecule has 98 valence electrons. The Labute approximate surface area is 106 Å². The van der Waals surface area contributed by atoms with Gasteiger partial charge in [-0.15, -0.1) is 0 Å². The van der Waals surface area contributed by atoms with Crippen LogP contribution in [0.3, 0.4) is 0 Å². The topological polar surface area (TPSA) is 75.8 Å². The van der Waals surface area contributed by atoms with Gasteiger partial charge in [0.15, 0.2) is 0 Å². The maximum absolute atomic E-state index is 10.9. The van der Waals surface area contributed by atoms with E-state index in [1.54, 1.807) is 18.2 Å². The molecule has 0 aromatic heterocycles.